The van der Waals surface area contributed by atoms with Gasteiger partial charge < -0.3 is 0 Å². The summed E-state index contributed by atoms with van der Waals surface area (Å²) < 4.78 is 24.3. The Hall–Kier alpha value is -1.01. The summed E-state index contributed by atoms with van der Waals surface area (Å²) >= 11 is 4.01. The maximum Gasteiger partial charge on any atom is 0.263 e. The van der Waals surface area contributed by atoms with Gasteiger partial charge in [0.1, 0.15) is 0 Å². The molecule has 0 saturated carbocycles. The molecule has 0 atom stereocenters. The molecule has 0 amide bonds. The molecule has 0 aliphatic heterocycles. The largest absolute Gasteiger partial charge is 0.263 e. The first-order valence-corrected chi connectivity index (χ1v) is 4.85. The minimum Gasteiger partial charge on any atom is -0.205 e. The number of benzene rings is 1. The lowest BCUT2D eigenvalue weighted by Crippen LogP contribution is -1.83. The van der Waals surface area contributed by atoms with Crippen molar-refractivity contribution in [2.24, 2.45) is 0 Å². The number of hydrogen-bond donors (Lipinski definition) is 1. The molecule has 1 aromatic rings. The Morgan fingerprint density at radius 3 is 2.36 bits per heavy atom. The summed E-state index contributed by atoms with van der Waals surface area (Å²) in [4.78, 5) is 0. The van der Waals surface area contributed by atoms with E-state index in [1.807, 2.05) is 0 Å². The average molecular weight is 212 g/mol. The van der Waals surface area contributed by atoms with Gasteiger partial charge in [-0.05, 0) is 12.1 Å². The van der Waals surface area contributed by atoms with Crippen molar-refractivity contribution in [3.05, 3.63) is 35.4 Å². The quantitative estimate of drug-likeness (QED) is 0.564. The first-order chi connectivity index (χ1) is 6.74. The van der Waals surface area contributed by atoms with E-state index >= 15 is 0 Å². The minimum absolute atomic E-state index is 0.0322. The molecule has 0 fully saturated rings. The summed E-state index contributed by atoms with van der Waals surface area (Å²) in [6.07, 6.45) is -1.70. The average Bonchev–Trinajstić information content (AvgIpc) is 2.19. The Kier molecular flexibility index (Phi) is 4.48. The molecule has 0 nitrogen and oxygen atoms in total. The van der Waals surface area contributed by atoms with Crippen LogP contribution >= 0.6 is 12.6 Å². The summed E-state index contributed by atoms with van der Waals surface area (Å²) in [6, 6.07) is 6.00. The van der Waals surface area contributed by atoms with Gasteiger partial charge in [-0.25, -0.2) is 8.78 Å². The van der Waals surface area contributed by atoms with Crippen LogP contribution in [-0.4, -0.2) is 5.75 Å². The van der Waals surface area contributed by atoms with Crippen LogP contribution in [0.4, 0.5) is 8.78 Å². The molecule has 0 unspecified atom stereocenters. The second-order valence-electron chi connectivity index (χ2n) is 2.70. The highest BCUT2D eigenvalue weighted by Gasteiger charge is 2.04. The van der Waals surface area contributed by atoms with Crippen LogP contribution in [0.1, 0.15) is 24.0 Å². The van der Waals surface area contributed by atoms with Gasteiger partial charge >= 0.3 is 0 Å². The van der Waals surface area contributed by atoms with Gasteiger partial charge in [-0.3, -0.25) is 0 Å². The molecule has 0 bridgehead atoms. The molecule has 0 aromatic heterocycles. The molecule has 0 saturated heterocycles. The van der Waals surface area contributed by atoms with Gasteiger partial charge in [0, 0.05) is 23.3 Å². The first-order valence-electron chi connectivity index (χ1n) is 4.22. The van der Waals surface area contributed by atoms with Crippen LogP contribution in [0.2, 0.25) is 0 Å². The zero-order valence-corrected chi connectivity index (χ0v) is 8.40. The maximum absolute atomic E-state index is 12.2. The van der Waals surface area contributed by atoms with Gasteiger partial charge in [-0.1, -0.05) is 24.0 Å². The summed E-state index contributed by atoms with van der Waals surface area (Å²) in [5, 5.41) is 0. The van der Waals surface area contributed by atoms with Crippen molar-refractivity contribution in [2.45, 2.75) is 12.8 Å². The lowest BCUT2D eigenvalue weighted by Gasteiger charge is -1.97. The van der Waals surface area contributed by atoms with E-state index in [4.69, 9.17) is 0 Å². The third-order valence-electron chi connectivity index (χ3n) is 1.63. The smallest absolute Gasteiger partial charge is 0.205 e. The zero-order valence-electron chi connectivity index (χ0n) is 7.50. The summed E-state index contributed by atoms with van der Waals surface area (Å²) in [5.41, 5.74) is 0.793. The normalized spacial score (nSPS) is 9.71. The molecule has 0 aliphatic rings. The first kappa shape index (κ1) is 11.1. The van der Waals surface area contributed by atoms with Crippen molar-refractivity contribution in [3.8, 4) is 11.8 Å². The zero-order chi connectivity index (χ0) is 10.4. The van der Waals surface area contributed by atoms with Crippen LogP contribution in [0.5, 0.6) is 0 Å². The number of rotatable bonds is 2. The fourth-order valence-electron chi connectivity index (χ4n) is 0.932. The maximum atomic E-state index is 12.2. The van der Waals surface area contributed by atoms with Crippen LogP contribution in [0, 0.1) is 11.8 Å². The van der Waals surface area contributed by atoms with Crippen molar-refractivity contribution in [3.63, 3.8) is 0 Å². The van der Waals surface area contributed by atoms with E-state index in [1.54, 1.807) is 12.1 Å². The lowest BCUT2D eigenvalue weighted by atomic mass is 10.1. The predicted octanol–water partition coefficient (Wildman–Crippen LogP) is 3.30. The van der Waals surface area contributed by atoms with Crippen LogP contribution in [-0.2, 0) is 0 Å². The molecule has 0 N–H and O–H groups in total. The highest BCUT2D eigenvalue weighted by atomic mass is 32.1. The fraction of sp³-hybridized carbons (Fsp3) is 0.273. The Morgan fingerprint density at radius 2 is 1.86 bits per heavy atom. The van der Waals surface area contributed by atoms with E-state index < -0.39 is 6.43 Å². The van der Waals surface area contributed by atoms with Crippen LogP contribution < -0.4 is 0 Å². The second kappa shape index (κ2) is 5.66. The van der Waals surface area contributed by atoms with Gasteiger partial charge in [0.05, 0.1) is 0 Å². The van der Waals surface area contributed by atoms with E-state index in [9.17, 15) is 8.78 Å². The van der Waals surface area contributed by atoms with Gasteiger partial charge in [-0.15, -0.1) is 0 Å². The third-order valence-corrected chi connectivity index (χ3v) is 1.86. The molecule has 0 spiro atoms. The number of thiol groups is 1. The van der Waals surface area contributed by atoms with Crippen LogP contribution in [0.15, 0.2) is 24.3 Å². The van der Waals surface area contributed by atoms with E-state index in [1.165, 1.54) is 12.1 Å². The molecule has 14 heavy (non-hydrogen) atoms. The van der Waals surface area contributed by atoms with Crippen molar-refractivity contribution >= 4 is 12.6 Å². The van der Waals surface area contributed by atoms with Crippen molar-refractivity contribution in [1.82, 2.24) is 0 Å². The molecule has 3 heteroatoms. The summed E-state index contributed by atoms with van der Waals surface area (Å²) in [5.74, 6) is 6.46. The molecule has 1 rings (SSSR count). The van der Waals surface area contributed by atoms with Crippen LogP contribution in [0.3, 0.4) is 0 Å². The van der Waals surface area contributed by atoms with E-state index in [0.717, 1.165) is 5.56 Å². The molecule has 0 heterocycles. The molecule has 1 aromatic carbocycles. The topological polar surface area (TPSA) is 0 Å². The standard InChI is InChI=1S/C11H10F2S/c12-11(13)10-6-4-9(5-7-10)3-1-2-8-14/h4-7,11,14H,2,8H2. The summed E-state index contributed by atoms with van der Waals surface area (Å²) in [6.45, 7) is 0. The van der Waals surface area contributed by atoms with Crippen molar-refractivity contribution in [2.75, 3.05) is 5.75 Å². The fourth-order valence-corrected chi connectivity index (χ4v) is 1.04. The van der Waals surface area contributed by atoms with Gasteiger partial charge in [0.25, 0.3) is 6.43 Å². The van der Waals surface area contributed by atoms with Crippen molar-refractivity contribution in [1.29, 1.82) is 0 Å². The van der Waals surface area contributed by atoms with E-state index in [0.29, 0.717) is 12.2 Å². The molecular weight excluding hydrogens is 202 g/mol. The minimum atomic E-state index is -2.41. The monoisotopic (exact) mass is 212 g/mol. The van der Waals surface area contributed by atoms with Crippen molar-refractivity contribution < 1.29 is 8.78 Å². The molecule has 0 radical (unpaired) electrons. The number of hydrogen-bond acceptors (Lipinski definition) is 1. The van der Waals surface area contributed by atoms with E-state index in [-0.39, 0.29) is 5.56 Å². The Bertz CT molecular complexity index is 333. The Morgan fingerprint density at radius 1 is 1.21 bits per heavy atom. The number of halogens is 2. The Labute approximate surface area is 87.7 Å². The SMILES string of the molecule is FC(F)c1ccc(C#CCCS)cc1. The number of alkyl halides is 2. The van der Waals surface area contributed by atoms with E-state index in [2.05, 4.69) is 24.5 Å². The molecular formula is C11H10F2S. The van der Waals surface area contributed by atoms with Gasteiger partial charge in [0.15, 0.2) is 0 Å². The van der Waals surface area contributed by atoms with Gasteiger partial charge in [-0.2, -0.15) is 12.6 Å². The highest BCUT2D eigenvalue weighted by Crippen LogP contribution is 2.18. The van der Waals surface area contributed by atoms with Crippen LogP contribution in [0.25, 0.3) is 0 Å². The molecule has 74 valence electrons. The lowest BCUT2D eigenvalue weighted by molar-refractivity contribution is 0.151. The Balaban J connectivity index is 2.70. The van der Waals surface area contributed by atoms with Gasteiger partial charge in [0.2, 0.25) is 0 Å². The second-order valence-corrected chi connectivity index (χ2v) is 3.15. The third kappa shape index (κ3) is 3.39. The molecule has 0 aliphatic carbocycles. The summed E-state index contributed by atoms with van der Waals surface area (Å²) in [7, 11) is 0. The predicted molar refractivity (Wildman–Crippen MR) is 56.7 cm³/mol. The highest BCUT2D eigenvalue weighted by molar-refractivity contribution is 7.80.